The molecule has 7 heteroatoms. The number of methoxy groups -OCH3 is 1. The van der Waals surface area contributed by atoms with Crippen LogP contribution < -0.4 is 15.8 Å². The van der Waals surface area contributed by atoms with Crippen molar-refractivity contribution in [2.24, 2.45) is 10.9 Å². The van der Waals surface area contributed by atoms with Crippen LogP contribution in [0.15, 0.2) is 29.4 Å². The van der Waals surface area contributed by atoms with E-state index in [0.717, 1.165) is 11.3 Å². The van der Waals surface area contributed by atoms with Crippen molar-refractivity contribution in [3.63, 3.8) is 0 Å². The summed E-state index contributed by atoms with van der Waals surface area (Å²) in [5.74, 6) is 0.630. The zero-order chi connectivity index (χ0) is 16.8. The number of hydrogen-bond donors (Lipinski definition) is 3. The van der Waals surface area contributed by atoms with Crippen LogP contribution in [0.5, 0.6) is 5.75 Å². The lowest BCUT2D eigenvalue weighted by Gasteiger charge is -2.23. The van der Waals surface area contributed by atoms with E-state index in [1.165, 1.54) is 0 Å². The Morgan fingerprint density at radius 1 is 1.36 bits per heavy atom. The number of oxime groups is 1. The lowest BCUT2D eigenvalue weighted by Crippen LogP contribution is -2.47. The number of carbonyl (C=O) groups excluding carboxylic acids is 1. The molecule has 0 heterocycles. The summed E-state index contributed by atoms with van der Waals surface area (Å²) >= 11 is 0. The Morgan fingerprint density at radius 3 is 2.41 bits per heavy atom. The largest absolute Gasteiger partial charge is 0.497 e. The highest BCUT2D eigenvalue weighted by molar-refractivity contribution is 5.88. The summed E-state index contributed by atoms with van der Waals surface area (Å²) < 4.78 is 10.3. The van der Waals surface area contributed by atoms with Gasteiger partial charge in [0, 0.05) is 6.42 Å². The highest BCUT2D eigenvalue weighted by Gasteiger charge is 2.22. The molecule has 0 aliphatic rings. The van der Waals surface area contributed by atoms with Crippen LogP contribution in [0, 0.1) is 0 Å². The summed E-state index contributed by atoms with van der Waals surface area (Å²) in [6.45, 7) is 5.28. The second-order valence-electron chi connectivity index (χ2n) is 5.78. The van der Waals surface area contributed by atoms with E-state index in [2.05, 4.69) is 10.5 Å². The number of rotatable bonds is 5. The molecule has 1 aromatic rings. The third kappa shape index (κ3) is 5.90. The molecular formula is C15H23N3O4. The number of amides is 1. The molecule has 0 bridgehead atoms. The first-order chi connectivity index (χ1) is 10.2. The minimum Gasteiger partial charge on any atom is -0.497 e. The maximum atomic E-state index is 11.8. The predicted molar refractivity (Wildman–Crippen MR) is 83.3 cm³/mol. The third-order valence-corrected chi connectivity index (χ3v) is 2.76. The van der Waals surface area contributed by atoms with Crippen molar-refractivity contribution < 1.29 is 19.5 Å². The van der Waals surface area contributed by atoms with E-state index in [4.69, 9.17) is 20.4 Å². The van der Waals surface area contributed by atoms with Gasteiger partial charge in [0.1, 0.15) is 11.4 Å². The van der Waals surface area contributed by atoms with Gasteiger partial charge in [0.25, 0.3) is 0 Å². The van der Waals surface area contributed by atoms with Gasteiger partial charge in [-0.3, -0.25) is 0 Å². The molecule has 0 saturated carbocycles. The Labute approximate surface area is 130 Å². The summed E-state index contributed by atoms with van der Waals surface area (Å²) in [5.41, 5.74) is 5.91. The van der Waals surface area contributed by atoms with Gasteiger partial charge in [-0.15, -0.1) is 0 Å². The van der Waals surface area contributed by atoms with Crippen molar-refractivity contribution in [2.45, 2.75) is 38.8 Å². The fraction of sp³-hybridized carbons (Fsp3) is 0.467. The molecule has 1 rings (SSSR count). The first-order valence-corrected chi connectivity index (χ1v) is 6.85. The fourth-order valence-corrected chi connectivity index (χ4v) is 1.75. The average Bonchev–Trinajstić information content (AvgIpc) is 2.44. The van der Waals surface area contributed by atoms with Gasteiger partial charge in [0.15, 0.2) is 5.84 Å². The van der Waals surface area contributed by atoms with Crippen LogP contribution in [0.3, 0.4) is 0 Å². The molecule has 1 atom stereocenters. The molecule has 22 heavy (non-hydrogen) atoms. The molecule has 0 spiro atoms. The zero-order valence-electron chi connectivity index (χ0n) is 13.3. The molecule has 0 aromatic heterocycles. The normalized spacial score (nSPS) is 13.4. The summed E-state index contributed by atoms with van der Waals surface area (Å²) in [5, 5.41) is 14.4. The summed E-state index contributed by atoms with van der Waals surface area (Å²) in [6.07, 6.45) is -0.267. The maximum absolute atomic E-state index is 11.8. The number of hydrogen-bond acceptors (Lipinski definition) is 5. The molecule has 1 amide bonds. The van der Waals surface area contributed by atoms with Gasteiger partial charge < -0.3 is 25.7 Å². The number of nitrogens with two attached hydrogens (primary N) is 1. The Kier molecular flexibility index (Phi) is 6.03. The van der Waals surface area contributed by atoms with Crippen molar-refractivity contribution in [2.75, 3.05) is 7.11 Å². The average molecular weight is 309 g/mol. The number of amidine groups is 1. The van der Waals surface area contributed by atoms with Crippen LogP contribution in [0.25, 0.3) is 0 Å². The fourth-order valence-electron chi connectivity index (χ4n) is 1.75. The zero-order valence-corrected chi connectivity index (χ0v) is 13.3. The third-order valence-electron chi connectivity index (χ3n) is 2.76. The summed E-state index contributed by atoms with van der Waals surface area (Å²) in [7, 11) is 1.58. The van der Waals surface area contributed by atoms with E-state index in [0.29, 0.717) is 6.42 Å². The van der Waals surface area contributed by atoms with Crippen molar-refractivity contribution in [1.29, 1.82) is 0 Å². The van der Waals surface area contributed by atoms with Crippen LogP contribution in [-0.2, 0) is 11.2 Å². The van der Waals surface area contributed by atoms with Gasteiger partial charge in [0.2, 0.25) is 0 Å². The maximum Gasteiger partial charge on any atom is 0.408 e. The van der Waals surface area contributed by atoms with Crippen molar-refractivity contribution in [3.8, 4) is 5.75 Å². The lowest BCUT2D eigenvalue weighted by molar-refractivity contribution is 0.0517. The molecule has 4 N–H and O–H groups in total. The van der Waals surface area contributed by atoms with Gasteiger partial charge >= 0.3 is 6.09 Å². The topological polar surface area (TPSA) is 106 Å². The van der Waals surface area contributed by atoms with Gasteiger partial charge in [-0.05, 0) is 38.5 Å². The van der Waals surface area contributed by atoms with E-state index >= 15 is 0 Å². The van der Waals surface area contributed by atoms with Crippen LogP contribution in [0.4, 0.5) is 4.79 Å². The van der Waals surface area contributed by atoms with Gasteiger partial charge in [-0.1, -0.05) is 17.3 Å². The van der Waals surface area contributed by atoms with Crippen LogP contribution in [-0.4, -0.2) is 35.9 Å². The Bertz CT molecular complexity index is 521. The predicted octanol–water partition coefficient (Wildman–Crippen LogP) is 1.88. The van der Waals surface area contributed by atoms with E-state index in [9.17, 15) is 4.79 Å². The van der Waals surface area contributed by atoms with E-state index in [1.807, 2.05) is 12.1 Å². The van der Waals surface area contributed by atoms with Gasteiger partial charge in [-0.25, -0.2) is 4.79 Å². The summed E-state index contributed by atoms with van der Waals surface area (Å²) in [4.78, 5) is 11.8. The number of benzene rings is 1. The molecule has 122 valence electrons. The van der Waals surface area contributed by atoms with Crippen LogP contribution in [0.1, 0.15) is 26.3 Å². The first-order valence-electron chi connectivity index (χ1n) is 6.85. The summed E-state index contributed by atoms with van der Waals surface area (Å²) in [6, 6.07) is 6.60. The van der Waals surface area contributed by atoms with Crippen molar-refractivity contribution >= 4 is 11.9 Å². The van der Waals surface area contributed by atoms with Crippen LogP contribution in [0.2, 0.25) is 0 Å². The highest BCUT2D eigenvalue weighted by atomic mass is 16.6. The molecule has 1 unspecified atom stereocenters. The molecule has 0 saturated heterocycles. The molecule has 0 fully saturated rings. The van der Waals surface area contributed by atoms with Crippen molar-refractivity contribution in [3.05, 3.63) is 29.8 Å². The Hall–Kier alpha value is -2.44. The minimum atomic E-state index is -0.673. The van der Waals surface area contributed by atoms with E-state index in [-0.39, 0.29) is 5.84 Å². The lowest BCUT2D eigenvalue weighted by atomic mass is 10.1. The number of ether oxygens (including phenoxy) is 2. The number of nitrogens with one attached hydrogen (secondary N) is 1. The van der Waals surface area contributed by atoms with Crippen LogP contribution >= 0.6 is 0 Å². The molecule has 0 aliphatic carbocycles. The van der Waals surface area contributed by atoms with E-state index < -0.39 is 17.7 Å². The number of nitrogens with zero attached hydrogens (tertiary/aromatic N) is 1. The van der Waals surface area contributed by atoms with E-state index in [1.54, 1.807) is 40.0 Å². The smallest absolute Gasteiger partial charge is 0.408 e. The molecule has 0 radical (unpaired) electrons. The van der Waals surface area contributed by atoms with Crippen molar-refractivity contribution in [1.82, 2.24) is 5.32 Å². The first kappa shape index (κ1) is 17.6. The Balaban J connectivity index is 2.78. The molecule has 0 aliphatic heterocycles. The quantitative estimate of drug-likeness (QED) is 0.333. The molecule has 7 nitrogen and oxygen atoms in total. The number of carbonyl (C=O) groups is 1. The SMILES string of the molecule is COc1ccc(CC(NC(=O)OC(C)(C)C)/C(N)=N/O)cc1. The molecule has 1 aromatic carbocycles. The molecular weight excluding hydrogens is 286 g/mol. The second-order valence-corrected chi connectivity index (χ2v) is 5.78. The van der Waals surface area contributed by atoms with Gasteiger partial charge in [-0.2, -0.15) is 0 Å². The Morgan fingerprint density at radius 2 is 1.95 bits per heavy atom. The number of alkyl carbamates (subject to hydrolysis) is 1. The standard InChI is InChI=1S/C15H23N3O4/c1-15(2,3)22-14(19)17-12(13(16)18-20)9-10-5-7-11(21-4)8-6-10/h5-8,12,20H,9H2,1-4H3,(H2,16,18)(H,17,19). The second kappa shape index (κ2) is 7.53. The highest BCUT2D eigenvalue weighted by Crippen LogP contribution is 2.13. The minimum absolute atomic E-state index is 0.0957. The van der Waals surface area contributed by atoms with Gasteiger partial charge in [0.05, 0.1) is 13.2 Å². The monoisotopic (exact) mass is 309 g/mol.